The number of aromatic nitrogens is 2. The Labute approximate surface area is 159 Å². The number of fused-ring (bicyclic) bond motifs is 2. The third-order valence-corrected chi connectivity index (χ3v) is 3.75. The van der Waals surface area contributed by atoms with Gasteiger partial charge in [-0.1, -0.05) is 29.7 Å². The number of para-hydroxylation sites is 2. The molecule has 0 spiro atoms. The summed E-state index contributed by atoms with van der Waals surface area (Å²) in [6.45, 7) is 1.19. The fraction of sp³-hybridized carbons (Fsp3) is 0.100. The smallest absolute Gasteiger partial charge is 0.339 e. The molecule has 1 aromatic heterocycles. The average molecular weight is 512 g/mol. The maximum atomic E-state index is 7.53. The molecule has 4 rings (SSSR count). The van der Waals surface area contributed by atoms with Crippen LogP contribution in [0.2, 0.25) is 0 Å². The first-order chi connectivity index (χ1) is 11.6. The van der Waals surface area contributed by atoms with E-state index >= 15 is 0 Å². The van der Waals surface area contributed by atoms with Crippen LogP contribution in [0, 0.1) is 6.07 Å². The van der Waals surface area contributed by atoms with Gasteiger partial charge in [0.25, 0.3) is 0 Å². The van der Waals surface area contributed by atoms with Gasteiger partial charge >= 0.3 is 5.97 Å². The zero-order chi connectivity index (χ0) is 17.1. The van der Waals surface area contributed by atoms with Crippen molar-refractivity contribution < 1.29 is 30.0 Å². The third kappa shape index (κ3) is 3.95. The Morgan fingerprint density at radius 1 is 1.04 bits per heavy atom. The molecule has 2 N–H and O–H groups in total. The summed E-state index contributed by atoms with van der Waals surface area (Å²) in [7, 11) is 2.07. The van der Waals surface area contributed by atoms with E-state index in [4.69, 9.17) is 9.90 Å². The molecule has 0 atom stereocenters. The second kappa shape index (κ2) is 8.06. The van der Waals surface area contributed by atoms with Gasteiger partial charge in [0.05, 0.1) is 6.92 Å². The summed E-state index contributed by atoms with van der Waals surface area (Å²) in [6.07, 6.45) is 2.11. The Hall–Kier alpha value is -2.49. The first-order valence-corrected chi connectivity index (χ1v) is 7.65. The number of aliphatic carboxylic acids is 1. The number of aryl methyl sites for hydroxylation is 1. The molecule has 0 saturated carbocycles. The standard InChI is InChI=1S/C18H14N2.C2H4O2.Ir/c1-19-13-20(18-11-5-4-10-17(18)19)16-12-6-8-14-7-2-3-9-15(14)16;1-2(3)4;/h2-11,13H,1H3;1H3,(H,3,4);/p+1. The molecule has 0 amide bonds. The van der Waals surface area contributed by atoms with E-state index in [0.29, 0.717) is 0 Å². The van der Waals surface area contributed by atoms with Crippen molar-refractivity contribution in [2.75, 3.05) is 0 Å². The van der Waals surface area contributed by atoms with Crippen molar-refractivity contribution in [3.05, 3.63) is 73.1 Å². The minimum atomic E-state index is -0.583. The molecule has 4 nitrogen and oxygen atoms in total. The van der Waals surface area contributed by atoms with Gasteiger partial charge in [0.2, 0.25) is 0 Å². The predicted octanol–water partition coefficient (Wildman–Crippen LogP) is 4.27. The molecule has 0 fully saturated rings. The molecule has 3 aromatic carbocycles. The molecule has 0 aliphatic rings. The monoisotopic (exact) mass is 512 g/mol. The van der Waals surface area contributed by atoms with E-state index in [1.807, 2.05) is 6.07 Å². The third-order valence-electron chi connectivity index (χ3n) is 3.75. The molecular formula is C20H19IrN2O2+. The van der Waals surface area contributed by atoms with E-state index in [1.165, 1.54) is 28.7 Å². The van der Waals surface area contributed by atoms with Crippen LogP contribution in [0.4, 0.5) is 0 Å². The summed E-state index contributed by atoms with van der Waals surface area (Å²) >= 11 is 0. The summed E-state index contributed by atoms with van der Waals surface area (Å²) in [5.74, 6) is -0.583. The molecule has 129 valence electrons. The van der Waals surface area contributed by atoms with Gasteiger partial charge in [0.15, 0.2) is 17.4 Å². The van der Waals surface area contributed by atoms with Crippen molar-refractivity contribution in [3.63, 3.8) is 0 Å². The van der Waals surface area contributed by atoms with Gasteiger partial charge in [-0.15, -0.1) is 11.5 Å². The summed E-state index contributed by atoms with van der Waals surface area (Å²) in [6, 6.07) is 24.3. The molecule has 5 heteroatoms. The number of rotatable bonds is 1. The molecule has 4 aromatic rings. The minimum Gasteiger partial charge on any atom is -0.339 e. The van der Waals surface area contributed by atoms with Crippen molar-refractivity contribution >= 4 is 27.8 Å². The van der Waals surface area contributed by atoms with Crippen molar-refractivity contribution in [2.24, 2.45) is 7.05 Å². The zero-order valence-electron chi connectivity index (χ0n) is 14.0. The Morgan fingerprint density at radius 3 is 2.36 bits per heavy atom. The zero-order valence-corrected chi connectivity index (χ0v) is 16.4. The van der Waals surface area contributed by atoms with E-state index in [0.717, 1.165) is 5.69 Å². The van der Waals surface area contributed by atoms with Crippen LogP contribution in [0.3, 0.4) is 0 Å². The van der Waals surface area contributed by atoms with Crippen molar-refractivity contribution in [2.45, 2.75) is 6.92 Å². The van der Waals surface area contributed by atoms with Crippen molar-refractivity contribution in [1.29, 1.82) is 0 Å². The van der Waals surface area contributed by atoms with Crippen LogP contribution in [-0.2, 0) is 27.2 Å². The van der Waals surface area contributed by atoms with Crippen molar-refractivity contribution in [3.8, 4) is 5.69 Å². The molecule has 25 heavy (non-hydrogen) atoms. The summed E-state index contributed by atoms with van der Waals surface area (Å²) in [5.41, 5.74) is 3.51. The van der Waals surface area contributed by atoms with Gasteiger partial charge in [0.1, 0.15) is 0 Å². The molecule has 0 bridgehead atoms. The molecule has 1 heterocycles. The van der Waals surface area contributed by atoms with E-state index < -0.39 is 5.97 Å². The topological polar surface area (TPSA) is 51.5 Å². The van der Waals surface area contributed by atoms with Gasteiger partial charge in [0, 0.05) is 45.0 Å². The van der Waals surface area contributed by atoms with Gasteiger partial charge in [-0.3, -0.25) is 0 Å². The number of hydrogen-bond acceptors (Lipinski definition) is 0. The molecule has 0 saturated heterocycles. The Balaban J connectivity index is 0.000000411. The Kier molecular flexibility index (Phi) is 6.07. The molecule has 0 aliphatic carbocycles. The fourth-order valence-electron chi connectivity index (χ4n) is 2.79. The first kappa shape index (κ1) is 18.8. The SMILES string of the molecule is CC(O)=[OH+].Cn1[cH+]n(-c2[c-]ccc3ccccc23)c2ccccc21.[Ir]. The van der Waals surface area contributed by atoms with Crippen LogP contribution in [0.25, 0.3) is 27.5 Å². The quantitative estimate of drug-likeness (QED) is 0.301. The maximum absolute atomic E-state index is 7.53. The number of benzene rings is 3. The van der Waals surface area contributed by atoms with E-state index in [2.05, 4.69) is 83.2 Å². The number of hydrogen-bond donors (Lipinski definition) is 1. The second-order valence-electron chi connectivity index (χ2n) is 5.55. The van der Waals surface area contributed by atoms with Crippen LogP contribution in [-0.4, -0.2) is 25.0 Å². The number of carboxylic acid groups (broad SMARTS) is 1. The maximum Gasteiger partial charge on any atom is 0.477 e. The number of nitrogens with zero attached hydrogens (tertiary/aromatic N) is 2. The molecular weight excluding hydrogens is 492 g/mol. The van der Waals surface area contributed by atoms with Crippen LogP contribution >= 0.6 is 0 Å². The number of imidazole rings is 1. The molecule has 0 aliphatic heterocycles. The van der Waals surface area contributed by atoms with E-state index in [1.54, 1.807) is 0 Å². The van der Waals surface area contributed by atoms with Crippen LogP contribution in [0.1, 0.15) is 6.92 Å². The largest absolute Gasteiger partial charge is 0.477 e. The second-order valence-corrected chi connectivity index (χ2v) is 5.55. The fourth-order valence-corrected chi connectivity index (χ4v) is 2.79. The normalized spacial score (nSPS) is 10.0. The molecule has 0 unspecified atom stereocenters. The van der Waals surface area contributed by atoms with Crippen LogP contribution in [0.15, 0.2) is 67.0 Å². The summed E-state index contributed by atoms with van der Waals surface area (Å²) in [4.78, 5) is 7.53. The Morgan fingerprint density at radius 2 is 1.64 bits per heavy atom. The Bertz CT molecular complexity index is 1020. The minimum absolute atomic E-state index is 0. The van der Waals surface area contributed by atoms with Gasteiger partial charge in [-0.2, -0.15) is 16.7 Å². The van der Waals surface area contributed by atoms with Gasteiger partial charge in [-0.05, 0) is 12.1 Å². The van der Waals surface area contributed by atoms with Crippen LogP contribution < -0.4 is 0 Å². The van der Waals surface area contributed by atoms with Gasteiger partial charge < -0.3 is 9.90 Å². The molecule has 1 radical (unpaired) electrons. The number of carboxylic acids is 1. The summed E-state index contributed by atoms with van der Waals surface area (Å²) in [5, 5.41) is 9.98. The predicted molar refractivity (Wildman–Crippen MR) is 98.2 cm³/mol. The first-order valence-electron chi connectivity index (χ1n) is 7.65. The van der Waals surface area contributed by atoms with Crippen LogP contribution in [0.5, 0.6) is 0 Å². The summed E-state index contributed by atoms with van der Waals surface area (Å²) < 4.78 is 4.35. The van der Waals surface area contributed by atoms with E-state index in [-0.39, 0.29) is 20.1 Å². The average Bonchev–Trinajstić information content (AvgIpc) is 2.91. The van der Waals surface area contributed by atoms with Crippen molar-refractivity contribution in [1.82, 2.24) is 9.13 Å². The van der Waals surface area contributed by atoms with Gasteiger partial charge in [-0.25, -0.2) is 4.57 Å². The number of aliphatic hydroxyl groups excluding tert-OH is 1. The van der Waals surface area contributed by atoms with E-state index in [9.17, 15) is 0 Å².